The number of halogens is 2. The first-order chi connectivity index (χ1) is 10.3. The maximum absolute atomic E-state index is 12.7. The molecule has 0 saturated carbocycles. The summed E-state index contributed by atoms with van der Waals surface area (Å²) in [6, 6.07) is 6.86. The van der Waals surface area contributed by atoms with Gasteiger partial charge in [0.2, 0.25) is 5.91 Å². The Labute approximate surface area is 148 Å². The molecule has 8 heteroatoms. The normalized spacial score (nSPS) is 18.6. The molecule has 1 fully saturated rings. The van der Waals surface area contributed by atoms with Crippen LogP contribution in [0.3, 0.4) is 0 Å². The van der Waals surface area contributed by atoms with Gasteiger partial charge in [-0.05, 0) is 50.6 Å². The number of hydrogen-bond donors (Lipinski definition) is 2. The van der Waals surface area contributed by atoms with Crippen molar-refractivity contribution < 1.29 is 13.2 Å². The predicted octanol–water partition coefficient (Wildman–Crippen LogP) is 2.11. The Hall–Kier alpha value is -0.820. The third-order valence-corrected chi connectivity index (χ3v) is 6.52. The van der Waals surface area contributed by atoms with Crippen molar-refractivity contribution in [2.24, 2.45) is 0 Å². The average molecular weight is 381 g/mol. The van der Waals surface area contributed by atoms with E-state index < -0.39 is 20.5 Å². The molecule has 23 heavy (non-hydrogen) atoms. The standard InChI is InChI=1S/C15H21ClN2O3S.ClH/c1-11(12-3-5-13(16)6-4-12)18-14(19)15(22(2,20)21)7-9-17-10-8-15;/h3-6,11,17H,7-10H2,1-2H3,(H,18,19);1H. The number of carbonyl (C=O) groups is 1. The Morgan fingerprint density at radius 3 is 2.26 bits per heavy atom. The van der Waals surface area contributed by atoms with Gasteiger partial charge in [-0.2, -0.15) is 0 Å². The zero-order valence-electron chi connectivity index (χ0n) is 13.1. The van der Waals surface area contributed by atoms with E-state index in [1.807, 2.05) is 19.1 Å². The highest BCUT2D eigenvalue weighted by Gasteiger charge is 2.48. The molecule has 1 aliphatic rings. The molecule has 1 amide bonds. The number of carbonyl (C=O) groups excluding carboxylic acids is 1. The molecule has 0 bridgehead atoms. The molecule has 1 atom stereocenters. The fraction of sp³-hybridized carbons (Fsp3) is 0.533. The molecule has 0 radical (unpaired) electrons. The van der Waals surface area contributed by atoms with E-state index in [0.717, 1.165) is 11.8 Å². The lowest BCUT2D eigenvalue weighted by Crippen LogP contribution is -2.57. The van der Waals surface area contributed by atoms with Crippen LogP contribution >= 0.6 is 24.0 Å². The second kappa shape index (κ2) is 7.83. The van der Waals surface area contributed by atoms with Gasteiger partial charge >= 0.3 is 0 Å². The molecule has 2 rings (SSSR count). The molecule has 0 aromatic heterocycles. The molecule has 1 heterocycles. The average Bonchev–Trinajstić information content (AvgIpc) is 2.47. The van der Waals surface area contributed by atoms with Crippen LogP contribution in [-0.4, -0.2) is 38.4 Å². The highest BCUT2D eigenvalue weighted by molar-refractivity contribution is 7.92. The summed E-state index contributed by atoms with van der Waals surface area (Å²) in [5, 5.41) is 6.56. The summed E-state index contributed by atoms with van der Waals surface area (Å²) in [5.41, 5.74) is 0.885. The fourth-order valence-electron chi connectivity index (χ4n) is 2.76. The van der Waals surface area contributed by atoms with Gasteiger partial charge in [-0.25, -0.2) is 8.42 Å². The Morgan fingerprint density at radius 1 is 1.26 bits per heavy atom. The Morgan fingerprint density at radius 2 is 1.78 bits per heavy atom. The first-order valence-electron chi connectivity index (χ1n) is 7.23. The number of rotatable bonds is 4. The van der Waals surface area contributed by atoms with Gasteiger partial charge in [-0.15, -0.1) is 12.4 Å². The number of nitrogens with one attached hydrogen (secondary N) is 2. The third kappa shape index (κ3) is 4.38. The van der Waals surface area contributed by atoms with Crippen molar-refractivity contribution in [1.29, 1.82) is 0 Å². The molecular formula is C15H22Cl2N2O3S. The minimum absolute atomic E-state index is 0. The summed E-state index contributed by atoms with van der Waals surface area (Å²) >= 11 is 5.85. The number of amides is 1. The quantitative estimate of drug-likeness (QED) is 0.838. The molecule has 5 nitrogen and oxygen atoms in total. The molecule has 2 N–H and O–H groups in total. The summed E-state index contributed by atoms with van der Waals surface area (Å²) in [6.07, 6.45) is 1.74. The van der Waals surface area contributed by atoms with Gasteiger partial charge in [0.15, 0.2) is 14.6 Å². The minimum atomic E-state index is -3.49. The zero-order chi connectivity index (χ0) is 16.4. The smallest absolute Gasteiger partial charge is 0.242 e. The van der Waals surface area contributed by atoms with E-state index >= 15 is 0 Å². The van der Waals surface area contributed by atoms with Crippen molar-refractivity contribution in [3.05, 3.63) is 34.9 Å². The molecule has 1 aromatic carbocycles. The van der Waals surface area contributed by atoms with Gasteiger partial charge in [-0.3, -0.25) is 4.79 Å². The second-order valence-corrected chi connectivity index (χ2v) is 8.53. The van der Waals surface area contributed by atoms with Crippen LogP contribution in [0.15, 0.2) is 24.3 Å². The maximum Gasteiger partial charge on any atom is 0.242 e. The summed E-state index contributed by atoms with van der Waals surface area (Å²) in [7, 11) is -3.49. The maximum atomic E-state index is 12.7. The van der Waals surface area contributed by atoms with Gasteiger partial charge in [0.25, 0.3) is 0 Å². The summed E-state index contributed by atoms with van der Waals surface area (Å²) in [6.45, 7) is 2.88. The SMILES string of the molecule is CC(NC(=O)C1(S(C)(=O)=O)CCNCC1)c1ccc(Cl)cc1.Cl. The lowest BCUT2D eigenvalue weighted by molar-refractivity contribution is -0.125. The highest BCUT2D eigenvalue weighted by atomic mass is 35.5. The van der Waals surface area contributed by atoms with Crippen molar-refractivity contribution in [3.63, 3.8) is 0 Å². The number of piperidine rings is 1. The van der Waals surface area contributed by atoms with E-state index in [1.54, 1.807) is 12.1 Å². The number of sulfone groups is 1. The van der Waals surface area contributed by atoms with Gasteiger partial charge in [0, 0.05) is 11.3 Å². The lowest BCUT2D eigenvalue weighted by Gasteiger charge is -2.35. The molecule has 130 valence electrons. The van der Waals surface area contributed by atoms with Gasteiger partial charge in [-0.1, -0.05) is 23.7 Å². The predicted molar refractivity (Wildman–Crippen MR) is 94.9 cm³/mol. The van der Waals surface area contributed by atoms with Crippen molar-refractivity contribution in [1.82, 2.24) is 10.6 Å². The largest absolute Gasteiger partial charge is 0.348 e. The Balaban J connectivity index is 0.00000264. The Kier molecular flexibility index (Phi) is 6.89. The van der Waals surface area contributed by atoms with Gasteiger partial charge in [0.05, 0.1) is 6.04 Å². The van der Waals surface area contributed by atoms with Crippen LogP contribution in [0.4, 0.5) is 0 Å². The number of hydrogen-bond acceptors (Lipinski definition) is 4. The molecule has 1 aliphatic heterocycles. The van der Waals surface area contributed by atoms with Crippen LogP contribution in [0.1, 0.15) is 31.4 Å². The summed E-state index contributed by atoms with van der Waals surface area (Å²) in [4.78, 5) is 12.7. The molecule has 1 unspecified atom stereocenters. The second-order valence-electron chi connectivity index (χ2n) is 5.76. The van der Waals surface area contributed by atoms with Crippen LogP contribution < -0.4 is 10.6 Å². The van der Waals surface area contributed by atoms with Crippen LogP contribution in [0.25, 0.3) is 0 Å². The lowest BCUT2D eigenvalue weighted by atomic mass is 9.95. The first kappa shape index (κ1) is 20.2. The van der Waals surface area contributed by atoms with Crippen LogP contribution in [-0.2, 0) is 14.6 Å². The van der Waals surface area contributed by atoms with Crippen LogP contribution in [0.2, 0.25) is 5.02 Å². The molecular weight excluding hydrogens is 359 g/mol. The van der Waals surface area contributed by atoms with E-state index in [0.29, 0.717) is 31.0 Å². The molecule has 0 spiro atoms. The van der Waals surface area contributed by atoms with E-state index in [1.165, 1.54) is 0 Å². The fourth-order valence-corrected chi connectivity index (χ4v) is 4.23. The van der Waals surface area contributed by atoms with E-state index in [9.17, 15) is 13.2 Å². The van der Waals surface area contributed by atoms with Gasteiger partial charge < -0.3 is 10.6 Å². The number of benzene rings is 1. The topological polar surface area (TPSA) is 75.3 Å². The van der Waals surface area contributed by atoms with E-state index in [2.05, 4.69) is 10.6 Å². The third-order valence-electron chi connectivity index (χ3n) is 4.25. The minimum Gasteiger partial charge on any atom is -0.348 e. The van der Waals surface area contributed by atoms with Crippen molar-refractivity contribution in [2.45, 2.75) is 30.6 Å². The molecule has 1 saturated heterocycles. The van der Waals surface area contributed by atoms with Crippen LogP contribution in [0.5, 0.6) is 0 Å². The van der Waals surface area contributed by atoms with E-state index in [4.69, 9.17) is 11.6 Å². The molecule has 0 aliphatic carbocycles. The highest BCUT2D eigenvalue weighted by Crippen LogP contribution is 2.29. The van der Waals surface area contributed by atoms with Crippen molar-refractivity contribution >= 4 is 39.8 Å². The molecule has 1 aromatic rings. The van der Waals surface area contributed by atoms with E-state index in [-0.39, 0.29) is 18.4 Å². The van der Waals surface area contributed by atoms with Crippen molar-refractivity contribution in [3.8, 4) is 0 Å². The summed E-state index contributed by atoms with van der Waals surface area (Å²) < 4.78 is 23.1. The van der Waals surface area contributed by atoms with Crippen molar-refractivity contribution in [2.75, 3.05) is 19.3 Å². The zero-order valence-corrected chi connectivity index (χ0v) is 15.5. The summed E-state index contributed by atoms with van der Waals surface area (Å²) in [5.74, 6) is -0.418. The first-order valence-corrected chi connectivity index (χ1v) is 9.50. The van der Waals surface area contributed by atoms with Gasteiger partial charge in [0.1, 0.15) is 0 Å². The Bertz CT molecular complexity index is 641. The van der Waals surface area contributed by atoms with Crippen LogP contribution in [0, 0.1) is 0 Å². The monoisotopic (exact) mass is 380 g/mol.